The van der Waals surface area contributed by atoms with Crippen molar-refractivity contribution >= 4 is 5.97 Å². The minimum absolute atomic E-state index is 0.257. The molecule has 1 fully saturated rings. The fourth-order valence-electron chi connectivity index (χ4n) is 3.45. The van der Waals surface area contributed by atoms with Gasteiger partial charge in [-0.05, 0) is 43.6 Å². The number of aromatic nitrogens is 2. The van der Waals surface area contributed by atoms with Crippen LogP contribution in [-0.4, -0.2) is 21.0 Å². The number of carboxylic acid groups (broad SMARTS) is 1. The van der Waals surface area contributed by atoms with Crippen LogP contribution in [0.2, 0.25) is 0 Å². The van der Waals surface area contributed by atoms with Gasteiger partial charge in [-0.3, -0.25) is 4.79 Å². The Labute approximate surface area is 119 Å². The summed E-state index contributed by atoms with van der Waals surface area (Å²) >= 11 is 0. The molecule has 20 heavy (non-hydrogen) atoms. The van der Waals surface area contributed by atoms with Gasteiger partial charge in [0.15, 0.2) is 0 Å². The average molecular weight is 274 g/mol. The van der Waals surface area contributed by atoms with Crippen LogP contribution in [0.4, 0.5) is 0 Å². The molecular weight excluding hydrogens is 252 g/mol. The molecule has 0 aliphatic heterocycles. The molecule has 0 aromatic carbocycles. The number of nitrogens with zero attached hydrogens (tertiary/aromatic N) is 2. The normalized spacial score (nSPS) is 29.8. The third kappa shape index (κ3) is 2.69. The lowest BCUT2D eigenvalue weighted by Gasteiger charge is -2.26. The third-order valence-electron chi connectivity index (χ3n) is 4.90. The zero-order valence-electron chi connectivity index (χ0n) is 12.0. The van der Waals surface area contributed by atoms with E-state index in [1.807, 2.05) is 6.20 Å². The van der Waals surface area contributed by atoms with Crippen molar-refractivity contribution in [2.75, 3.05) is 0 Å². The lowest BCUT2D eigenvalue weighted by molar-refractivity contribution is -0.142. The molecule has 108 valence electrons. The van der Waals surface area contributed by atoms with Crippen LogP contribution in [0.1, 0.15) is 62.0 Å². The highest BCUT2D eigenvalue weighted by Gasteiger charge is 2.27. The summed E-state index contributed by atoms with van der Waals surface area (Å²) in [5.74, 6) is 1.38. The van der Waals surface area contributed by atoms with E-state index < -0.39 is 5.97 Å². The Morgan fingerprint density at radius 1 is 1.25 bits per heavy atom. The molecule has 3 rings (SSSR count). The fourth-order valence-corrected chi connectivity index (χ4v) is 3.45. The van der Waals surface area contributed by atoms with E-state index in [9.17, 15) is 4.79 Å². The van der Waals surface area contributed by atoms with Gasteiger partial charge in [0, 0.05) is 17.8 Å². The predicted octanol–water partition coefficient (Wildman–Crippen LogP) is 2.96. The number of rotatable bonds is 2. The zero-order valence-corrected chi connectivity index (χ0v) is 12.0. The van der Waals surface area contributed by atoms with Crippen LogP contribution in [0.5, 0.6) is 0 Å². The molecule has 0 bridgehead atoms. The van der Waals surface area contributed by atoms with Gasteiger partial charge in [-0.1, -0.05) is 19.8 Å². The lowest BCUT2D eigenvalue weighted by Crippen LogP contribution is -2.24. The Morgan fingerprint density at radius 3 is 2.70 bits per heavy atom. The van der Waals surface area contributed by atoms with Crippen LogP contribution in [0, 0.1) is 11.8 Å². The second-order valence-electron chi connectivity index (χ2n) is 6.43. The lowest BCUT2D eigenvalue weighted by atomic mass is 9.82. The maximum atomic E-state index is 11.1. The highest BCUT2D eigenvalue weighted by molar-refractivity contribution is 5.70. The van der Waals surface area contributed by atoms with Gasteiger partial charge in [0.25, 0.3) is 0 Å². The minimum Gasteiger partial charge on any atom is -0.481 e. The van der Waals surface area contributed by atoms with Gasteiger partial charge < -0.3 is 5.11 Å². The van der Waals surface area contributed by atoms with Gasteiger partial charge >= 0.3 is 5.97 Å². The van der Waals surface area contributed by atoms with Gasteiger partial charge in [-0.2, -0.15) is 0 Å². The van der Waals surface area contributed by atoms with Gasteiger partial charge in [-0.15, -0.1) is 0 Å². The Kier molecular flexibility index (Phi) is 3.72. The van der Waals surface area contributed by atoms with Gasteiger partial charge in [0.05, 0.1) is 5.92 Å². The molecule has 1 aromatic rings. The molecule has 0 saturated heterocycles. The van der Waals surface area contributed by atoms with E-state index in [4.69, 9.17) is 10.1 Å². The summed E-state index contributed by atoms with van der Waals surface area (Å²) in [6.45, 7) is 2.32. The van der Waals surface area contributed by atoms with Crippen LogP contribution in [0.15, 0.2) is 6.20 Å². The molecule has 0 amide bonds. The molecule has 4 nitrogen and oxygen atoms in total. The Morgan fingerprint density at radius 2 is 2.00 bits per heavy atom. The first-order valence-corrected chi connectivity index (χ1v) is 7.71. The summed E-state index contributed by atoms with van der Waals surface area (Å²) < 4.78 is 0. The van der Waals surface area contributed by atoms with Crippen LogP contribution >= 0.6 is 0 Å². The first-order chi connectivity index (χ1) is 9.63. The zero-order chi connectivity index (χ0) is 14.1. The molecule has 1 unspecified atom stereocenters. The summed E-state index contributed by atoms with van der Waals surface area (Å²) in [5.41, 5.74) is 2.13. The monoisotopic (exact) mass is 274 g/mol. The molecule has 2 aliphatic rings. The number of fused-ring (bicyclic) bond motifs is 1. The Balaban J connectivity index is 1.75. The Bertz CT molecular complexity index is 507. The van der Waals surface area contributed by atoms with Crippen molar-refractivity contribution in [3.8, 4) is 0 Å². The average Bonchev–Trinajstić information content (AvgIpc) is 2.47. The first-order valence-electron chi connectivity index (χ1n) is 7.71. The highest BCUT2D eigenvalue weighted by Crippen LogP contribution is 2.34. The predicted molar refractivity (Wildman–Crippen MR) is 75.6 cm³/mol. The van der Waals surface area contributed by atoms with Gasteiger partial charge in [-0.25, -0.2) is 9.97 Å². The fraction of sp³-hybridized carbons (Fsp3) is 0.688. The molecule has 1 aromatic heterocycles. The second-order valence-corrected chi connectivity index (χ2v) is 6.43. The quantitative estimate of drug-likeness (QED) is 0.900. The standard InChI is InChI=1S/C16H22N2O2/c1-10-2-4-11(5-3-10)15-17-9-13-8-12(16(19)20)6-7-14(13)18-15/h9-12H,2-8H2,1H3,(H,19,20). The van der Waals surface area contributed by atoms with Crippen molar-refractivity contribution < 1.29 is 9.90 Å². The van der Waals surface area contributed by atoms with Crippen molar-refractivity contribution in [2.24, 2.45) is 11.8 Å². The van der Waals surface area contributed by atoms with Crippen molar-refractivity contribution in [1.82, 2.24) is 9.97 Å². The molecule has 1 atom stereocenters. The number of carbonyl (C=O) groups is 1. The van der Waals surface area contributed by atoms with Gasteiger partial charge in [0.1, 0.15) is 5.82 Å². The number of hydrogen-bond donors (Lipinski definition) is 1. The summed E-state index contributed by atoms with van der Waals surface area (Å²) in [4.78, 5) is 20.4. The third-order valence-corrected chi connectivity index (χ3v) is 4.90. The van der Waals surface area contributed by atoms with Crippen LogP contribution in [0.3, 0.4) is 0 Å². The second kappa shape index (κ2) is 5.51. The maximum absolute atomic E-state index is 11.1. The van der Waals surface area contributed by atoms with E-state index >= 15 is 0 Å². The van der Waals surface area contributed by atoms with E-state index in [1.54, 1.807) is 0 Å². The number of aryl methyl sites for hydroxylation is 1. The molecule has 1 heterocycles. The number of carboxylic acids is 1. The van der Waals surface area contributed by atoms with E-state index in [-0.39, 0.29) is 5.92 Å². The van der Waals surface area contributed by atoms with Gasteiger partial charge in [0.2, 0.25) is 0 Å². The van der Waals surface area contributed by atoms with E-state index in [0.717, 1.165) is 29.4 Å². The first kappa shape index (κ1) is 13.5. The van der Waals surface area contributed by atoms with Crippen molar-refractivity contribution in [1.29, 1.82) is 0 Å². The van der Waals surface area contributed by atoms with Crippen molar-refractivity contribution in [3.05, 3.63) is 23.3 Å². The minimum atomic E-state index is -0.694. The molecule has 1 saturated carbocycles. The van der Waals surface area contributed by atoms with E-state index in [2.05, 4.69) is 11.9 Å². The smallest absolute Gasteiger partial charge is 0.306 e. The summed E-state index contributed by atoms with van der Waals surface area (Å²) in [6, 6.07) is 0. The summed E-state index contributed by atoms with van der Waals surface area (Å²) in [7, 11) is 0. The molecule has 1 N–H and O–H groups in total. The SMILES string of the molecule is CC1CCC(c2ncc3c(n2)CCC(C(=O)O)C3)CC1. The molecular formula is C16H22N2O2. The maximum Gasteiger partial charge on any atom is 0.306 e. The van der Waals surface area contributed by atoms with Crippen LogP contribution in [-0.2, 0) is 17.6 Å². The Hall–Kier alpha value is -1.45. The van der Waals surface area contributed by atoms with E-state index in [1.165, 1.54) is 25.7 Å². The largest absolute Gasteiger partial charge is 0.481 e. The molecule has 4 heteroatoms. The van der Waals surface area contributed by atoms with Crippen LogP contribution < -0.4 is 0 Å². The molecule has 0 spiro atoms. The number of hydrogen-bond acceptors (Lipinski definition) is 3. The van der Waals surface area contributed by atoms with Crippen LogP contribution in [0.25, 0.3) is 0 Å². The summed E-state index contributed by atoms with van der Waals surface area (Å²) in [5, 5.41) is 9.11. The highest BCUT2D eigenvalue weighted by atomic mass is 16.4. The van der Waals surface area contributed by atoms with Crippen molar-refractivity contribution in [2.45, 2.75) is 57.8 Å². The molecule has 0 radical (unpaired) electrons. The number of aliphatic carboxylic acids is 1. The van der Waals surface area contributed by atoms with Crippen molar-refractivity contribution in [3.63, 3.8) is 0 Å². The molecule has 2 aliphatic carbocycles. The topological polar surface area (TPSA) is 63.1 Å². The summed E-state index contributed by atoms with van der Waals surface area (Å²) in [6.07, 6.45) is 8.89. The van der Waals surface area contributed by atoms with E-state index in [0.29, 0.717) is 18.8 Å².